The molecule has 122 valence electrons. The predicted octanol–water partition coefficient (Wildman–Crippen LogP) is 3.53. The van der Waals surface area contributed by atoms with Gasteiger partial charge in [-0.2, -0.15) is 0 Å². The molecule has 0 fully saturated rings. The Hall–Kier alpha value is -2.43. The third kappa shape index (κ3) is 4.52. The molecule has 0 atom stereocenters. The number of rotatable bonds is 5. The van der Waals surface area contributed by atoms with Gasteiger partial charge >= 0.3 is 0 Å². The molecule has 0 unspecified atom stereocenters. The van der Waals surface area contributed by atoms with E-state index in [1.54, 1.807) is 6.07 Å². The minimum absolute atomic E-state index is 0.179. The van der Waals surface area contributed by atoms with Crippen molar-refractivity contribution in [2.45, 2.75) is 34.6 Å². The summed E-state index contributed by atoms with van der Waals surface area (Å²) in [4.78, 5) is 20.4. The van der Waals surface area contributed by atoms with Crippen molar-refractivity contribution in [3.8, 4) is 0 Å². The van der Waals surface area contributed by atoms with Crippen LogP contribution in [0.2, 0.25) is 0 Å². The zero-order valence-electron chi connectivity index (χ0n) is 14.4. The fourth-order valence-electron chi connectivity index (χ4n) is 2.44. The van der Waals surface area contributed by atoms with Crippen molar-refractivity contribution < 1.29 is 4.79 Å². The first-order valence-corrected chi connectivity index (χ1v) is 7.82. The molecule has 0 aliphatic heterocycles. The van der Waals surface area contributed by atoms with Gasteiger partial charge < -0.3 is 10.6 Å². The Morgan fingerprint density at radius 1 is 1.09 bits per heavy atom. The Labute approximate surface area is 137 Å². The van der Waals surface area contributed by atoms with Crippen LogP contribution in [0.4, 0.5) is 11.5 Å². The summed E-state index contributed by atoms with van der Waals surface area (Å²) in [5.41, 5.74) is 4.90. The summed E-state index contributed by atoms with van der Waals surface area (Å²) < 4.78 is 0. The van der Waals surface area contributed by atoms with Crippen LogP contribution >= 0.6 is 0 Å². The van der Waals surface area contributed by atoms with E-state index in [-0.39, 0.29) is 5.91 Å². The number of carbonyl (C=O) groups is 1. The number of carbonyl (C=O) groups excluding carboxylic acids is 1. The summed E-state index contributed by atoms with van der Waals surface area (Å²) in [6, 6.07) is 5.91. The van der Waals surface area contributed by atoms with E-state index in [9.17, 15) is 4.79 Å². The van der Waals surface area contributed by atoms with Crippen LogP contribution in [0.3, 0.4) is 0 Å². The molecule has 2 aromatic rings. The molecule has 5 nitrogen and oxygen atoms in total. The van der Waals surface area contributed by atoms with E-state index in [1.165, 1.54) is 11.9 Å². The maximum absolute atomic E-state index is 12.1. The SMILES string of the molecule is Cc1cc(C)c(Nc2cc(C(=O)NCC(C)C)ncn2)c(C)c1. The Kier molecular flexibility index (Phi) is 5.32. The van der Waals surface area contributed by atoms with Gasteiger partial charge in [-0.1, -0.05) is 31.5 Å². The van der Waals surface area contributed by atoms with Gasteiger partial charge in [0.2, 0.25) is 0 Å². The predicted molar refractivity (Wildman–Crippen MR) is 93.1 cm³/mol. The topological polar surface area (TPSA) is 66.9 Å². The zero-order valence-corrected chi connectivity index (χ0v) is 14.4. The van der Waals surface area contributed by atoms with Crippen LogP contribution < -0.4 is 10.6 Å². The maximum atomic E-state index is 12.1. The van der Waals surface area contributed by atoms with E-state index in [1.807, 2.05) is 0 Å². The van der Waals surface area contributed by atoms with Crippen molar-refractivity contribution in [1.29, 1.82) is 0 Å². The third-order valence-corrected chi connectivity index (χ3v) is 3.50. The van der Waals surface area contributed by atoms with Crippen molar-refractivity contribution in [3.05, 3.63) is 46.9 Å². The minimum Gasteiger partial charge on any atom is -0.350 e. The van der Waals surface area contributed by atoms with Crippen LogP contribution in [0.1, 0.15) is 41.0 Å². The van der Waals surface area contributed by atoms with Gasteiger partial charge in [-0.15, -0.1) is 0 Å². The van der Waals surface area contributed by atoms with Gasteiger partial charge in [0, 0.05) is 18.3 Å². The van der Waals surface area contributed by atoms with E-state index in [0.717, 1.165) is 16.8 Å². The van der Waals surface area contributed by atoms with Gasteiger partial charge in [0.25, 0.3) is 5.91 Å². The minimum atomic E-state index is -0.179. The number of benzene rings is 1. The number of aryl methyl sites for hydroxylation is 3. The first-order valence-electron chi connectivity index (χ1n) is 7.82. The highest BCUT2D eigenvalue weighted by molar-refractivity contribution is 5.93. The third-order valence-electron chi connectivity index (χ3n) is 3.50. The molecule has 2 rings (SSSR count). The summed E-state index contributed by atoms with van der Waals surface area (Å²) in [6.07, 6.45) is 1.41. The van der Waals surface area contributed by atoms with E-state index >= 15 is 0 Å². The first kappa shape index (κ1) is 16.9. The second kappa shape index (κ2) is 7.22. The maximum Gasteiger partial charge on any atom is 0.270 e. The molecule has 0 aliphatic rings. The lowest BCUT2D eigenvalue weighted by atomic mass is 10.1. The van der Waals surface area contributed by atoms with Crippen molar-refractivity contribution in [1.82, 2.24) is 15.3 Å². The first-order chi connectivity index (χ1) is 10.9. The van der Waals surface area contributed by atoms with Crippen molar-refractivity contribution in [2.24, 2.45) is 5.92 Å². The summed E-state index contributed by atoms with van der Waals surface area (Å²) in [5.74, 6) is 0.836. The lowest BCUT2D eigenvalue weighted by Gasteiger charge is -2.13. The molecule has 5 heteroatoms. The number of hydrogen-bond acceptors (Lipinski definition) is 4. The van der Waals surface area contributed by atoms with Gasteiger partial charge in [0.05, 0.1) is 0 Å². The quantitative estimate of drug-likeness (QED) is 0.886. The average Bonchev–Trinajstić information content (AvgIpc) is 2.48. The molecule has 1 aromatic carbocycles. The highest BCUT2D eigenvalue weighted by atomic mass is 16.1. The lowest BCUT2D eigenvalue weighted by molar-refractivity contribution is 0.0944. The molecule has 0 aliphatic carbocycles. The smallest absolute Gasteiger partial charge is 0.270 e. The number of aromatic nitrogens is 2. The normalized spacial score (nSPS) is 10.7. The molecule has 1 aromatic heterocycles. The van der Waals surface area contributed by atoms with Crippen molar-refractivity contribution >= 4 is 17.4 Å². The van der Waals surface area contributed by atoms with Gasteiger partial charge in [-0.3, -0.25) is 4.79 Å². The van der Waals surface area contributed by atoms with E-state index in [0.29, 0.717) is 24.0 Å². The van der Waals surface area contributed by atoms with Crippen molar-refractivity contribution in [3.63, 3.8) is 0 Å². The van der Waals surface area contributed by atoms with Crippen LogP contribution in [-0.2, 0) is 0 Å². The van der Waals surface area contributed by atoms with E-state index in [4.69, 9.17) is 0 Å². The molecule has 23 heavy (non-hydrogen) atoms. The molecule has 0 spiro atoms. The zero-order chi connectivity index (χ0) is 17.0. The van der Waals surface area contributed by atoms with Crippen molar-refractivity contribution in [2.75, 3.05) is 11.9 Å². The Morgan fingerprint density at radius 3 is 2.35 bits per heavy atom. The average molecular weight is 312 g/mol. The monoisotopic (exact) mass is 312 g/mol. The molecule has 1 heterocycles. The molecule has 2 N–H and O–H groups in total. The Morgan fingerprint density at radius 2 is 1.74 bits per heavy atom. The van der Waals surface area contributed by atoms with E-state index < -0.39 is 0 Å². The summed E-state index contributed by atoms with van der Waals surface area (Å²) in [5, 5.41) is 6.16. The standard InChI is InChI=1S/C18H24N4O/c1-11(2)9-19-18(23)15-8-16(21-10-20-15)22-17-13(4)6-12(3)7-14(17)5/h6-8,10-11H,9H2,1-5H3,(H,19,23)(H,20,21,22). The molecule has 1 amide bonds. The number of nitrogens with one attached hydrogen (secondary N) is 2. The number of amides is 1. The molecule has 0 radical (unpaired) electrons. The number of nitrogens with zero attached hydrogens (tertiary/aromatic N) is 2. The summed E-state index contributed by atoms with van der Waals surface area (Å²) >= 11 is 0. The van der Waals surface area contributed by atoms with Crippen LogP contribution in [0.5, 0.6) is 0 Å². The van der Waals surface area contributed by atoms with Crippen LogP contribution in [0.25, 0.3) is 0 Å². The van der Waals surface area contributed by atoms with Crippen LogP contribution in [-0.4, -0.2) is 22.4 Å². The fraction of sp³-hybridized carbons (Fsp3) is 0.389. The second-order valence-electron chi connectivity index (χ2n) is 6.29. The Bertz CT molecular complexity index is 687. The highest BCUT2D eigenvalue weighted by Crippen LogP contribution is 2.25. The van der Waals surface area contributed by atoms with Gasteiger partial charge in [-0.05, 0) is 37.8 Å². The summed E-state index contributed by atoms with van der Waals surface area (Å²) in [6.45, 7) is 10.9. The fourth-order valence-corrected chi connectivity index (χ4v) is 2.44. The van der Waals surface area contributed by atoms with Gasteiger partial charge in [0.15, 0.2) is 0 Å². The number of hydrogen-bond donors (Lipinski definition) is 2. The molecular weight excluding hydrogens is 288 g/mol. The van der Waals surface area contributed by atoms with Gasteiger partial charge in [0.1, 0.15) is 17.8 Å². The largest absolute Gasteiger partial charge is 0.350 e. The Balaban J connectivity index is 2.19. The molecule has 0 saturated carbocycles. The summed E-state index contributed by atoms with van der Waals surface area (Å²) in [7, 11) is 0. The van der Waals surface area contributed by atoms with E-state index in [2.05, 4.69) is 67.4 Å². The van der Waals surface area contributed by atoms with Crippen LogP contribution in [0, 0.1) is 26.7 Å². The molecule has 0 saturated heterocycles. The second-order valence-corrected chi connectivity index (χ2v) is 6.29. The lowest BCUT2D eigenvalue weighted by Crippen LogP contribution is -2.28. The van der Waals surface area contributed by atoms with Gasteiger partial charge in [-0.25, -0.2) is 9.97 Å². The van der Waals surface area contributed by atoms with Crippen LogP contribution in [0.15, 0.2) is 24.5 Å². The molecule has 0 bridgehead atoms. The highest BCUT2D eigenvalue weighted by Gasteiger charge is 2.10. The molecular formula is C18H24N4O. The number of anilines is 2.